The van der Waals surface area contributed by atoms with Gasteiger partial charge in [-0.3, -0.25) is 9.18 Å². The number of alkyl halides is 4. The number of nitrogens with one attached hydrogen (secondary N) is 2. The number of rotatable bonds is 5. The zero-order chi connectivity index (χ0) is 25.9. The van der Waals surface area contributed by atoms with Crippen LogP contribution in [0.25, 0.3) is 10.9 Å². The van der Waals surface area contributed by atoms with E-state index in [-0.39, 0.29) is 5.75 Å². The van der Waals surface area contributed by atoms with Crippen LogP contribution in [0.4, 0.5) is 39.1 Å². The lowest BCUT2D eigenvalue weighted by Gasteiger charge is -2.12. The van der Waals surface area contributed by atoms with Crippen molar-refractivity contribution in [3.8, 4) is 5.75 Å². The summed E-state index contributed by atoms with van der Waals surface area (Å²) in [5.74, 6) is -1.09. The number of fused-ring (bicyclic) bond motifs is 1. The molecular formula is C21H24F5N5O2S. The molecule has 0 unspecified atom stereocenters. The zero-order valence-electron chi connectivity index (χ0n) is 18.2. The van der Waals surface area contributed by atoms with E-state index in [1.807, 2.05) is 13.0 Å². The Morgan fingerprint density at radius 2 is 1.85 bits per heavy atom. The fourth-order valence-electron chi connectivity index (χ4n) is 2.62. The summed E-state index contributed by atoms with van der Waals surface area (Å²) < 4.78 is 58.4. The number of aromatic nitrogens is 2. The summed E-state index contributed by atoms with van der Waals surface area (Å²) in [6.45, 7) is -0.437. The Labute approximate surface area is 198 Å². The van der Waals surface area contributed by atoms with Gasteiger partial charge >= 0.3 is 6.18 Å². The van der Waals surface area contributed by atoms with Crippen LogP contribution in [0.5, 0.6) is 5.75 Å². The highest BCUT2D eigenvalue weighted by atomic mass is 32.1. The first-order valence-corrected chi connectivity index (χ1v) is 10.5. The standard InChI is InChI=1S/C15H13FN4O.C5H7F4NO.CH4S/c1-8-4-10(17)6-12-14(8)15(19-7-18-12)20-11-3-2-9(16)5-13(11)21;6-2-1-4(11)10-3-5(7,8)9;1-2/h2-7,21H,17H2,1H3,(H,18,19,20);1-3H2,(H,10,11);2H,1H3. The van der Waals surface area contributed by atoms with Gasteiger partial charge in [0.15, 0.2) is 0 Å². The third-order valence-corrected chi connectivity index (χ3v) is 3.98. The van der Waals surface area contributed by atoms with Crippen molar-refractivity contribution >= 4 is 46.6 Å². The molecule has 0 radical (unpaired) electrons. The average molecular weight is 506 g/mol. The van der Waals surface area contributed by atoms with Gasteiger partial charge in [0.25, 0.3) is 0 Å². The Balaban J connectivity index is 0.000000380. The number of amides is 1. The summed E-state index contributed by atoms with van der Waals surface area (Å²) in [5.41, 5.74) is 8.41. The lowest BCUT2D eigenvalue weighted by Crippen LogP contribution is -2.33. The minimum atomic E-state index is -4.42. The van der Waals surface area contributed by atoms with Crippen LogP contribution in [0.15, 0.2) is 36.7 Å². The van der Waals surface area contributed by atoms with Gasteiger partial charge in [0, 0.05) is 17.1 Å². The van der Waals surface area contributed by atoms with E-state index in [0.717, 1.165) is 17.0 Å². The first kappa shape index (κ1) is 28.7. The molecule has 1 amide bonds. The van der Waals surface area contributed by atoms with Crippen LogP contribution < -0.4 is 16.4 Å². The van der Waals surface area contributed by atoms with Crippen LogP contribution in [0.2, 0.25) is 0 Å². The molecule has 2 aromatic carbocycles. The summed E-state index contributed by atoms with van der Waals surface area (Å²) in [4.78, 5) is 18.6. The second-order valence-electron chi connectivity index (χ2n) is 6.57. The molecule has 0 saturated heterocycles. The Morgan fingerprint density at radius 3 is 2.44 bits per heavy atom. The summed E-state index contributed by atoms with van der Waals surface area (Å²) in [7, 11) is 0. The number of aryl methyl sites for hydroxylation is 1. The largest absolute Gasteiger partial charge is 0.506 e. The van der Waals surface area contributed by atoms with Crippen LogP contribution in [-0.2, 0) is 4.79 Å². The SMILES string of the molecule is CS.Cc1cc(N)cc2ncnc(Nc3ccc(F)cc3O)c12.O=C(CCF)NCC(F)(F)F. The fourth-order valence-corrected chi connectivity index (χ4v) is 2.62. The van der Waals surface area contributed by atoms with Gasteiger partial charge in [-0.05, 0) is 43.0 Å². The number of phenols is 1. The van der Waals surface area contributed by atoms with E-state index in [4.69, 9.17) is 5.73 Å². The average Bonchev–Trinajstić information content (AvgIpc) is 2.75. The van der Waals surface area contributed by atoms with E-state index < -0.39 is 37.5 Å². The minimum absolute atomic E-state index is 0.185. The lowest BCUT2D eigenvalue weighted by atomic mass is 10.1. The number of thiol groups is 1. The number of anilines is 3. The van der Waals surface area contributed by atoms with Gasteiger partial charge in [-0.2, -0.15) is 25.8 Å². The smallest absolute Gasteiger partial charge is 0.405 e. The van der Waals surface area contributed by atoms with Crippen molar-refractivity contribution in [2.75, 3.05) is 30.5 Å². The van der Waals surface area contributed by atoms with Crippen molar-refractivity contribution < 1.29 is 31.9 Å². The Morgan fingerprint density at radius 1 is 1.18 bits per heavy atom. The molecule has 0 saturated carbocycles. The molecular weight excluding hydrogens is 481 g/mol. The number of carbonyl (C=O) groups excluding carboxylic acids is 1. The summed E-state index contributed by atoms with van der Waals surface area (Å²) in [6, 6.07) is 7.32. The predicted molar refractivity (Wildman–Crippen MR) is 125 cm³/mol. The highest BCUT2D eigenvalue weighted by Gasteiger charge is 2.27. The molecule has 1 aromatic heterocycles. The molecule has 0 aliphatic carbocycles. The minimum Gasteiger partial charge on any atom is -0.506 e. The predicted octanol–water partition coefficient (Wildman–Crippen LogP) is 4.68. The molecule has 7 nitrogen and oxygen atoms in total. The monoisotopic (exact) mass is 505 g/mol. The fraction of sp³-hybridized carbons (Fsp3) is 0.286. The topological polar surface area (TPSA) is 113 Å². The van der Waals surface area contributed by atoms with E-state index in [1.165, 1.54) is 23.8 Å². The second-order valence-corrected chi connectivity index (χ2v) is 6.57. The van der Waals surface area contributed by atoms with Crippen molar-refractivity contribution in [2.24, 2.45) is 0 Å². The van der Waals surface area contributed by atoms with Gasteiger partial charge in [0.1, 0.15) is 30.3 Å². The third-order valence-electron chi connectivity index (χ3n) is 3.98. The number of nitrogens with zero attached hydrogens (tertiary/aromatic N) is 2. The number of hydrogen-bond acceptors (Lipinski definition) is 7. The van der Waals surface area contributed by atoms with Crippen LogP contribution in [-0.4, -0.2) is 46.6 Å². The molecule has 34 heavy (non-hydrogen) atoms. The van der Waals surface area contributed by atoms with Crippen LogP contribution in [0.1, 0.15) is 12.0 Å². The summed E-state index contributed by atoms with van der Waals surface area (Å²) in [5, 5.41) is 15.1. The molecule has 0 spiro atoms. The number of carbonyl (C=O) groups is 1. The van der Waals surface area contributed by atoms with Crippen molar-refractivity contribution in [1.29, 1.82) is 0 Å². The molecule has 186 valence electrons. The Hall–Kier alpha value is -3.35. The first-order chi connectivity index (χ1) is 16.0. The maximum absolute atomic E-state index is 13.0. The number of aromatic hydroxyl groups is 1. The quantitative estimate of drug-likeness (QED) is 0.149. The van der Waals surface area contributed by atoms with Crippen molar-refractivity contribution in [1.82, 2.24) is 15.3 Å². The maximum Gasteiger partial charge on any atom is 0.405 e. The lowest BCUT2D eigenvalue weighted by molar-refractivity contribution is -0.138. The molecule has 5 N–H and O–H groups in total. The second kappa shape index (κ2) is 13.4. The van der Waals surface area contributed by atoms with Crippen molar-refractivity contribution in [3.05, 3.63) is 48.0 Å². The number of nitrogens with two attached hydrogens (primary N) is 1. The number of benzene rings is 2. The van der Waals surface area contributed by atoms with Crippen molar-refractivity contribution in [3.63, 3.8) is 0 Å². The van der Waals surface area contributed by atoms with E-state index in [0.29, 0.717) is 22.7 Å². The van der Waals surface area contributed by atoms with E-state index in [1.54, 1.807) is 12.3 Å². The van der Waals surface area contributed by atoms with Gasteiger partial charge in [0.2, 0.25) is 5.91 Å². The normalized spacial score (nSPS) is 10.5. The Bertz CT molecular complexity index is 1100. The van der Waals surface area contributed by atoms with Gasteiger partial charge in [0.05, 0.1) is 24.3 Å². The summed E-state index contributed by atoms with van der Waals surface area (Å²) in [6.07, 6.45) is -1.84. The van der Waals surface area contributed by atoms with Crippen molar-refractivity contribution in [2.45, 2.75) is 19.5 Å². The molecule has 0 atom stereocenters. The number of phenolic OH excluding ortho intramolecular Hbond substituents is 1. The van der Waals surface area contributed by atoms with E-state index >= 15 is 0 Å². The molecule has 0 bridgehead atoms. The molecule has 1 heterocycles. The molecule has 3 rings (SSSR count). The van der Waals surface area contributed by atoms with Crippen LogP contribution >= 0.6 is 12.6 Å². The molecule has 0 fully saturated rings. The van der Waals surface area contributed by atoms with Gasteiger partial charge in [-0.1, -0.05) is 0 Å². The van der Waals surface area contributed by atoms with Gasteiger partial charge in [-0.25, -0.2) is 14.4 Å². The summed E-state index contributed by atoms with van der Waals surface area (Å²) >= 11 is 3.53. The zero-order valence-corrected chi connectivity index (χ0v) is 19.1. The van der Waals surface area contributed by atoms with E-state index in [2.05, 4.69) is 27.9 Å². The van der Waals surface area contributed by atoms with Crippen LogP contribution in [0.3, 0.4) is 0 Å². The third kappa shape index (κ3) is 9.25. The maximum atomic E-state index is 13.0. The van der Waals surface area contributed by atoms with Gasteiger partial charge in [-0.15, -0.1) is 0 Å². The number of nitrogen functional groups attached to an aromatic ring is 1. The van der Waals surface area contributed by atoms with E-state index in [9.17, 15) is 31.9 Å². The number of halogens is 5. The Kier molecular flexibility index (Phi) is 11.3. The molecule has 0 aliphatic rings. The highest BCUT2D eigenvalue weighted by molar-refractivity contribution is 7.79. The number of hydrogen-bond donors (Lipinski definition) is 5. The molecule has 3 aromatic rings. The highest BCUT2D eigenvalue weighted by Crippen LogP contribution is 2.31. The first-order valence-electron chi connectivity index (χ1n) is 9.60. The van der Waals surface area contributed by atoms with Crippen LogP contribution in [0, 0.1) is 12.7 Å². The van der Waals surface area contributed by atoms with Gasteiger partial charge < -0.3 is 21.5 Å². The molecule has 0 aliphatic heterocycles. The molecule has 13 heteroatoms.